The van der Waals surface area contributed by atoms with Crippen LogP contribution in [0.25, 0.3) is 44.6 Å². The molecular formula is C47H40N10O4. The van der Waals surface area contributed by atoms with Crippen molar-refractivity contribution in [3.63, 3.8) is 0 Å². The molecule has 0 fully saturated rings. The smallest absolute Gasteiger partial charge is 0.287 e. The molecule has 0 saturated carbocycles. The van der Waals surface area contributed by atoms with E-state index in [0.29, 0.717) is 45.9 Å². The van der Waals surface area contributed by atoms with E-state index in [1.54, 1.807) is 13.1 Å². The zero-order valence-electron chi connectivity index (χ0n) is 33.3. The maximum Gasteiger partial charge on any atom is 0.287 e. The molecule has 0 atom stereocenters. The lowest BCUT2D eigenvalue weighted by molar-refractivity contribution is 0.0979. The fourth-order valence-electron chi connectivity index (χ4n) is 6.72. The number of rotatable bonds is 11. The van der Waals surface area contributed by atoms with Crippen molar-refractivity contribution in [2.75, 3.05) is 10.6 Å². The third-order valence-electron chi connectivity index (χ3n) is 9.87. The van der Waals surface area contributed by atoms with Crippen LogP contribution in [0.3, 0.4) is 0 Å². The first-order valence-electron chi connectivity index (χ1n) is 19.4. The van der Waals surface area contributed by atoms with Gasteiger partial charge in [0, 0.05) is 48.7 Å². The Kier molecular flexibility index (Phi) is 11.8. The van der Waals surface area contributed by atoms with Gasteiger partial charge in [0.25, 0.3) is 11.1 Å². The Morgan fingerprint density at radius 2 is 1.02 bits per heavy atom. The lowest BCUT2D eigenvalue weighted by Gasteiger charge is -2.15. The second-order valence-corrected chi connectivity index (χ2v) is 14.0. The van der Waals surface area contributed by atoms with Crippen molar-refractivity contribution in [1.82, 2.24) is 39.4 Å². The minimum Gasteiger partial charge on any atom is -0.423 e. The van der Waals surface area contributed by atoms with Crippen LogP contribution in [0.15, 0.2) is 162 Å². The fourth-order valence-corrected chi connectivity index (χ4v) is 6.72. The van der Waals surface area contributed by atoms with Crippen LogP contribution in [0.1, 0.15) is 28.1 Å². The van der Waals surface area contributed by atoms with Crippen LogP contribution in [0.5, 0.6) is 0 Å². The van der Waals surface area contributed by atoms with E-state index in [1.165, 1.54) is 29.5 Å². The molecule has 0 aliphatic carbocycles. The maximum atomic E-state index is 12.9. The average molecular weight is 809 g/mol. The molecule has 0 amide bonds. The Morgan fingerprint density at radius 3 is 1.52 bits per heavy atom. The maximum absolute atomic E-state index is 12.9. The summed E-state index contributed by atoms with van der Waals surface area (Å²) in [6.45, 7) is 4.92. The molecular weight excluding hydrogens is 769 g/mol. The van der Waals surface area contributed by atoms with Crippen molar-refractivity contribution in [2.45, 2.75) is 33.5 Å². The van der Waals surface area contributed by atoms with Gasteiger partial charge in [-0.3, -0.25) is 19.6 Å². The summed E-state index contributed by atoms with van der Waals surface area (Å²) in [7, 11) is 0. The molecule has 6 heterocycles. The number of hydrogen-bond donors (Lipinski definition) is 3. The van der Waals surface area contributed by atoms with E-state index in [0.717, 1.165) is 50.3 Å². The highest BCUT2D eigenvalue weighted by Crippen LogP contribution is 2.25. The van der Waals surface area contributed by atoms with Gasteiger partial charge in [-0.1, -0.05) is 103 Å². The Labute approximate surface area is 349 Å². The molecule has 0 aliphatic heterocycles. The molecule has 0 aliphatic rings. The molecule has 6 aromatic heterocycles. The first-order chi connectivity index (χ1) is 29.8. The molecule has 3 aromatic carbocycles. The predicted octanol–water partition coefficient (Wildman–Crippen LogP) is 7.41. The SMILES string of the molecule is Cc1ncnc2c1c(NCc1ccc(-c3ccccc3)nc1)cc(=O)n2O.Cc1ncnc2c1c(NCc1ccc(-c3ccccc3)nc1)cc(=O)n2OCc1ccccc1. The molecule has 9 rings (SSSR count). The van der Waals surface area contributed by atoms with Crippen molar-refractivity contribution in [3.05, 3.63) is 201 Å². The lowest BCUT2D eigenvalue weighted by atomic mass is 10.1. The molecule has 0 saturated heterocycles. The summed E-state index contributed by atoms with van der Waals surface area (Å²) >= 11 is 0. The molecule has 61 heavy (non-hydrogen) atoms. The largest absolute Gasteiger partial charge is 0.423 e. The number of benzene rings is 3. The van der Waals surface area contributed by atoms with Gasteiger partial charge in [-0.05, 0) is 42.7 Å². The van der Waals surface area contributed by atoms with E-state index in [4.69, 9.17) is 4.84 Å². The second kappa shape index (κ2) is 18.1. The van der Waals surface area contributed by atoms with Crippen LogP contribution in [-0.2, 0) is 19.7 Å². The lowest BCUT2D eigenvalue weighted by Crippen LogP contribution is -2.28. The number of hydrogen-bond acceptors (Lipinski definition) is 12. The summed E-state index contributed by atoms with van der Waals surface area (Å²) in [5.41, 5.74) is 9.25. The molecule has 0 unspecified atom stereocenters. The molecule has 0 radical (unpaired) electrons. The molecule has 302 valence electrons. The van der Waals surface area contributed by atoms with Crippen LogP contribution in [0.2, 0.25) is 0 Å². The van der Waals surface area contributed by atoms with E-state index >= 15 is 0 Å². The predicted molar refractivity (Wildman–Crippen MR) is 235 cm³/mol. The van der Waals surface area contributed by atoms with Crippen molar-refractivity contribution in [3.8, 4) is 22.5 Å². The van der Waals surface area contributed by atoms with Gasteiger partial charge in [0.1, 0.15) is 19.3 Å². The summed E-state index contributed by atoms with van der Waals surface area (Å²) in [4.78, 5) is 56.7. The van der Waals surface area contributed by atoms with Crippen LogP contribution in [0, 0.1) is 13.8 Å². The first kappa shape index (κ1) is 39.6. The Bertz CT molecular complexity index is 3040. The molecule has 0 spiro atoms. The van der Waals surface area contributed by atoms with Gasteiger partial charge in [0.05, 0.1) is 44.9 Å². The van der Waals surface area contributed by atoms with E-state index in [1.807, 2.05) is 128 Å². The molecule has 9 aromatic rings. The van der Waals surface area contributed by atoms with Gasteiger partial charge in [-0.25, -0.2) is 19.9 Å². The fraction of sp³-hybridized carbons (Fsp3) is 0.106. The summed E-state index contributed by atoms with van der Waals surface area (Å²) < 4.78 is 1.77. The monoisotopic (exact) mass is 808 g/mol. The van der Waals surface area contributed by atoms with Crippen molar-refractivity contribution in [2.24, 2.45) is 0 Å². The summed E-state index contributed by atoms with van der Waals surface area (Å²) in [6, 6.07) is 40.5. The number of fused-ring (bicyclic) bond motifs is 2. The topological polar surface area (TPSA) is 175 Å². The first-order valence-corrected chi connectivity index (χ1v) is 19.4. The van der Waals surface area contributed by atoms with Crippen LogP contribution < -0.4 is 26.6 Å². The summed E-state index contributed by atoms with van der Waals surface area (Å²) in [5, 5.41) is 17.8. The number of aromatic nitrogens is 8. The zero-order valence-corrected chi connectivity index (χ0v) is 33.3. The summed E-state index contributed by atoms with van der Waals surface area (Å²) in [5.74, 6) is 0. The molecule has 14 nitrogen and oxygen atoms in total. The minimum absolute atomic E-state index is 0.176. The number of pyridine rings is 4. The van der Waals surface area contributed by atoms with Gasteiger partial charge >= 0.3 is 0 Å². The van der Waals surface area contributed by atoms with Gasteiger partial charge < -0.3 is 20.7 Å². The number of nitrogens with one attached hydrogen (secondary N) is 2. The Hall–Kier alpha value is -8.26. The highest BCUT2D eigenvalue weighted by Gasteiger charge is 2.15. The van der Waals surface area contributed by atoms with E-state index in [-0.39, 0.29) is 17.8 Å². The average Bonchev–Trinajstić information content (AvgIpc) is 3.30. The molecule has 3 N–H and O–H groups in total. The normalized spacial score (nSPS) is 10.9. The minimum atomic E-state index is -0.555. The second-order valence-electron chi connectivity index (χ2n) is 14.0. The Balaban J connectivity index is 0.000000173. The quantitative estimate of drug-likeness (QED) is 0.111. The number of anilines is 2. The van der Waals surface area contributed by atoms with Gasteiger partial charge in [-0.2, -0.15) is 0 Å². The van der Waals surface area contributed by atoms with Gasteiger partial charge in [0.2, 0.25) is 0 Å². The van der Waals surface area contributed by atoms with Crippen LogP contribution >= 0.6 is 0 Å². The number of aryl methyl sites for hydroxylation is 2. The third kappa shape index (κ3) is 9.08. The van der Waals surface area contributed by atoms with Crippen molar-refractivity contribution < 1.29 is 10.0 Å². The van der Waals surface area contributed by atoms with Gasteiger partial charge in [0.15, 0.2) is 11.3 Å². The van der Waals surface area contributed by atoms with Gasteiger partial charge in [-0.15, -0.1) is 9.46 Å². The Morgan fingerprint density at radius 1 is 0.541 bits per heavy atom. The highest BCUT2D eigenvalue weighted by atomic mass is 16.7. The summed E-state index contributed by atoms with van der Waals surface area (Å²) in [6.07, 6.45) is 6.40. The third-order valence-corrected chi connectivity index (χ3v) is 9.87. The van der Waals surface area contributed by atoms with Crippen molar-refractivity contribution in [1.29, 1.82) is 0 Å². The van der Waals surface area contributed by atoms with E-state index < -0.39 is 5.56 Å². The van der Waals surface area contributed by atoms with E-state index in [2.05, 4.69) is 40.5 Å². The highest BCUT2D eigenvalue weighted by molar-refractivity contribution is 5.91. The molecule has 0 bridgehead atoms. The molecule has 14 heteroatoms. The van der Waals surface area contributed by atoms with Crippen LogP contribution in [0.4, 0.5) is 11.4 Å². The van der Waals surface area contributed by atoms with Crippen LogP contribution in [-0.4, -0.2) is 44.6 Å². The number of nitrogens with zero attached hydrogens (tertiary/aromatic N) is 8. The van der Waals surface area contributed by atoms with Crippen molar-refractivity contribution >= 4 is 33.4 Å². The zero-order chi connectivity index (χ0) is 42.1. The standard InChI is InChI=1S/C27H23N5O2.C20H17N5O2/c1-19-26-24(29-16-21-12-13-23(28-15-21)22-10-6-3-7-11-22)14-25(33)32(27(26)31-18-30-19)34-17-20-8-4-2-5-9-20;1-13-19-17(9-18(26)25(27)20(19)24-12-23-13)22-11-14-7-8-16(21-10-14)15-5-3-2-4-6-15/h2-15,18,29H,16-17H2,1H3;2-10,12,22,27H,11H2,1H3. The van der Waals surface area contributed by atoms with E-state index in [9.17, 15) is 14.8 Å².